The average molecular weight is 273 g/mol. The Kier molecular flexibility index (Phi) is 2.72. The predicted molar refractivity (Wildman–Crippen MR) is 73.3 cm³/mol. The summed E-state index contributed by atoms with van der Waals surface area (Å²) in [5, 5.41) is 1.11. The van der Waals surface area contributed by atoms with Crippen LogP contribution in [0.5, 0.6) is 0 Å². The highest BCUT2D eigenvalue weighted by Crippen LogP contribution is 2.25. The maximum Gasteiger partial charge on any atom is 0.200 e. The largest absolute Gasteiger partial charge is 0.464 e. The van der Waals surface area contributed by atoms with Gasteiger partial charge in [0.1, 0.15) is 17.7 Å². The minimum Gasteiger partial charge on any atom is -0.464 e. The number of hydrogen-bond donors (Lipinski definition) is 1. The zero-order valence-corrected chi connectivity index (χ0v) is 10.5. The average Bonchev–Trinajstić information content (AvgIpc) is 2.84. The van der Waals surface area contributed by atoms with E-state index < -0.39 is 0 Å². The smallest absolute Gasteiger partial charge is 0.200 e. The lowest BCUT2D eigenvalue weighted by Gasteiger charge is -2.03. The highest BCUT2D eigenvalue weighted by Gasteiger charge is 2.18. The van der Waals surface area contributed by atoms with Gasteiger partial charge in [-0.25, -0.2) is 4.98 Å². The number of furan rings is 1. The minimum absolute atomic E-state index is 0.152. The SMILES string of the molecule is Nc1ncc(Cl)cc1C(=O)c1coc2ccccc12. The molecular formula is C14H9ClN2O2. The van der Waals surface area contributed by atoms with Crippen LogP contribution in [0.3, 0.4) is 0 Å². The number of benzene rings is 1. The number of carbonyl (C=O) groups is 1. The first kappa shape index (κ1) is 11.7. The highest BCUT2D eigenvalue weighted by atomic mass is 35.5. The van der Waals surface area contributed by atoms with Gasteiger partial charge in [0.2, 0.25) is 5.78 Å². The van der Waals surface area contributed by atoms with Crippen molar-refractivity contribution in [1.82, 2.24) is 4.98 Å². The number of nitrogen functional groups attached to an aromatic ring is 1. The van der Waals surface area contributed by atoms with E-state index in [2.05, 4.69) is 4.98 Å². The number of nitrogens with zero attached hydrogens (tertiary/aromatic N) is 1. The van der Waals surface area contributed by atoms with Crippen molar-refractivity contribution in [1.29, 1.82) is 0 Å². The van der Waals surface area contributed by atoms with Gasteiger partial charge in [0.05, 0.1) is 16.1 Å². The lowest BCUT2D eigenvalue weighted by molar-refractivity contribution is 0.104. The molecule has 2 aromatic heterocycles. The number of halogens is 1. The number of para-hydroxylation sites is 1. The number of pyridine rings is 1. The second-order valence-corrected chi connectivity index (χ2v) is 4.50. The Bertz CT molecular complexity index is 780. The number of rotatable bonds is 2. The van der Waals surface area contributed by atoms with Crippen LogP contribution in [-0.4, -0.2) is 10.8 Å². The van der Waals surface area contributed by atoms with Gasteiger partial charge < -0.3 is 10.2 Å². The van der Waals surface area contributed by atoms with Crippen LogP contribution in [0.2, 0.25) is 5.02 Å². The first-order chi connectivity index (χ1) is 9.16. The number of nitrogens with two attached hydrogens (primary N) is 1. The molecule has 3 rings (SSSR count). The Morgan fingerprint density at radius 3 is 2.89 bits per heavy atom. The first-order valence-electron chi connectivity index (χ1n) is 5.59. The van der Waals surface area contributed by atoms with Gasteiger partial charge in [0.15, 0.2) is 0 Å². The molecule has 4 nitrogen and oxygen atoms in total. The van der Waals surface area contributed by atoms with Crippen molar-refractivity contribution in [3.8, 4) is 0 Å². The summed E-state index contributed by atoms with van der Waals surface area (Å²) in [4.78, 5) is 16.3. The van der Waals surface area contributed by atoms with Gasteiger partial charge in [-0.1, -0.05) is 29.8 Å². The molecule has 0 fully saturated rings. The number of carbonyl (C=O) groups excluding carboxylic acids is 1. The number of anilines is 1. The van der Waals surface area contributed by atoms with Crippen LogP contribution in [0.15, 0.2) is 47.2 Å². The van der Waals surface area contributed by atoms with Crippen LogP contribution in [0.4, 0.5) is 5.82 Å². The van der Waals surface area contributed by atoms with Gasteiger partial charge in [-0.05, 0) is 12.1 Å². The molecule has 5 heteroatoms. The molecule has 0 bridgehead atoms. The fraction of sp³-hybridized carbons (Fsp3) is 0. The standard InChI is InChI=1S/C14H9ClN2O2/c15-8-5-10(14(16)17-6-8)13(18)11-7-19-12-4-2-1-3-9(11)12/h1-7H,(H2,16,17). The molecule has 0 aliphatic heterocycles. The number of aromatic nitrogens is 1. The molecule has 3 aromatic rings. The van der Waals surface area contributed by atoms with Crippen LogP contribution < -0.4 is 5.73 Å². The number of ketones is 1. The van der Waals surface area contributed by atoms with Gasteiger partial charge >= 0.3 is 0 Å². The molecule has 0 radical (unpaired) electrons. The molecule has 0 spiro atoms. The summed E-state index contributed by atoms with van der Waals surface area (Å²) in [6.07, 6.45) is 2.83. The summed E-state index contributed by atoms with van der Waals surface area (Å²) < 4.78 is 5.35. The quantitative estimate of drug-likeness (QED) is 0.727. The molecular weight excluding hydrogens is 264 g/mol. The van der Waals surface area contributed by atoms with E-state index in [4.69, 9.17) is 21.8 Å². The monoisotopic (exact) mass is 272 g/mol. The lowest BCUT2D eigenvalue weighted by Crippen LogP contribution is -2.06. The molecule has 0 atom stereocenters. The maximum atomic E-state index is 12.5. The summed E-state index contributed by atoms with van der Waals surface area (Å²) >= 11 is 5.85. The van der Waals surface area contributed by atoms with Crippen LogP contribution in [0.1, 0.15) is 15.9 Å². The molecule has 0 unspecified atom stereocenters. The van der Waals surface area contributed by atoms with E-state index in [0.717, 1.165) is 5.39 Å². The minimum atomic E-state index is -0.252. The van der Waals surface area contributed by atoms with E-state index in [1.807, 2.05) is 18.2 Å². The zero-order chi connectivity index (χ0) is 13.4. The topological polar surface area (TPSA) is 69.1 Å². The molecule has 19 heavy (non-hydrogen) atoms. The van der Waals surface area contributed by atoms with Crippen LogP contribution in [0.25, 0.3) is 11.0 Å². The van der Waals surface area contributed by atoms with Crippen LogP contribution in [-0.2, 0) is 0 Å². The first-order valence-corrected chi connectivity index (χ1v) is 5.96. The fourth-order valence-electron chi connectivity index (χ4n) is 1.93. The van der Waals surface area contributed by atoms with Crippen molar-refractivity contribution < 1.29 is 9.21 Å². The van der Waals surface area contributed by atoms with E-state index in [9.17, 15) is 4.79 Å². The maximum absolute atomic E-state index is 12.5. The molecule has 0 saturated carbocycles. The second kappa shape index (κ2) is 4.40. The Balaban J connectivity index is 2.16. The van der Waals surface area contributed by atoms with E-state index in [0.29, 0.717) is 16.2 Å². The van der Waals surface area contributed by atoms with E-state index in [-0.39, 0.29) is 17.2 Å². The Morgan fingerprint density at radius 2 is 2.05 bits per heavy atom. The van der Waals surface area contributed by atoms with E-state index in [1.165, 1.54) is 18.5 Å². The molecule has 2 N–H and O–H groups in total. The van der Waals surface area contributed by atoms with Gasteiger partial charge in [0, 0.05) is 11.6 Å². The zero-order valence-electron chi connectivity index (χ0n) is 9.76. The Hall–Kier alpha value is -2.33. The molecule has 2 heterocycles. The van der Waals surface area contributed by atoms with Crippen molar-refractivity contribution in [3.05, 3.63) is 58.9 Å². The molecule has 94 valence electrons. The molecule has 0 aliphatic carbocycles. The second-order valence-electron chi connectivity index (χ2n) is 4.06. The number of hydrogen-bond acceptors (Lipinski definition) is 4. The Morgan fingerprint density at radius 1 is 1.26 bits per heavy atom. The fourth-order valence-corrected chi connectivity index (χ4v) is 2.09. The van der Waals surface area contributed by atoms with E-state index in [1.54, 1.807) is 6.07 Å². The molecule has 0 amide bonds. The lowest BCUT2D eigenvalue weighted by atomic mass is 10.0. The van der Waals surface area contributed by atoms with Gasteiger partial charge in [-0.2, -0.15) is 0 Å². The van der Waals surface area contributed by atoms with Crippen molar-refractivity contribution in [2.24, 2.45) is 0 Å². The van der Waals surface area contributed by atoms with Crippen molar-refractivity contribution in [3.63, 3.8) is 0 Å². The van der Waals surface area contributed by atoms with Crippen LogP contribution >= 0.6 is 11.6 Å². The Labute approximate surface area is 113 Å². The van der Waals surface area contributed by atoms with E-state index >= 15 is 0 Å². The molecule has 0 aliphatic rings. The van der Waals surface area contributed by atoms with Crippen molar-refractivity contribution in [2.45, 2.75) is 0 Å². The summed E-state index contributed by atoms with van der Waals surface area (Å²) in [6.45, 7) is 0. The summed E-state index contributed by atoms with van der Waals surface area (Å²) in [6, 6.07) is 8.81. The van der Waals surface area contributed by atoms with Gasteiger partial charge in [-0.3, -0.25) is 4.79 Å². The van der Waals surface area contributed by atoms with Gasteiger partial charge in [-0.15, -0.1) is 0 Å². The summed E-state index contributed by atoms with van der Waals surface area (Å²) in [5.41, 5.74) is 7.10. The predicted octanol–water partition coefficient (Wildman–Crippen LogP) is 3.29. The normalized spacial score (nSPS) is 10.8. The number of fused-ring (bicyclic) bond motifs is 1. The third-order valence-corrected chi connectivity index (χ3v) is 3.06. The third-order valence-electron chi connectivity index (χ3n) is 2.86. The van der Waals surface area contributed by atoms with Crippen molar-refractivity contribution >= 4 is 34.2 Å². The highest BCUT2D eigenvalue weighted by molar-refractivity contribution is 6.31. The van der Waals surface area contributed by atoms with Gasteiger partial charge in [0.25, 0.3) is 0 Å². The van der Waals surface area contributed by atoms with Crippen molar-refractivity contribution in [2.75, 3.05) is 5.73 Å². The summed E-state index contributed by atoms with van der Waals surface area (Å²) in [5.74, 6) is -0.0999. The molecule has 0 saturated heterocycles. The van der Waals surface area contributed by atoms with Crippen LogP contribution in [0, 0.1) is 0 Å². The summed E-state index contributed by atoms with van der Waals surface area (Å²) in [7, 11) is 0. The third kappa shape index (κ3) is 1.96. The molecule has 1 aromatic carbocycles.